The molecule has 1 rings (SSSR count). The van der Waals surface area contributed by atoms with Gasteiger partial charge in [0, 0.05) is 6.61 Å². The van der Waals surface area contributed by atoms with Crippen LogP contribution in [0.5, 0.6) is 0 Å². The van der Waals surface area contributed by atoms with E-state index in [-0.39, 0.29) is 42.1 Å². The number of aliphatic imine (C=N–C) groups is 1. The van der Waals surface area contributed by atoms with E-state index in [1.165, 1.54) is 0 Å². The first-order valence-electron chi connectivity index (χ1n) is 6.62. The Labute approximate surface area is 142 Å². The number of rotatable bonds is 4. The largest absolute Gasteiger partial charge is 1.00 e. The molecule has 110 valence electrons. The van der Waals surface area contributed by atoms with Gasteiger partial charge >= 0.3 is 29.6 Å². The molecule has 2 atom stereocenters. The molecule has 2 unspecified atom stereocenters. The topological polar surface area (TPSA) is 102 Å². The van der Waals surface area contributed by atoms with Gasteiger partial charge in [0.15, 0.2) is 0 Å². The molecular weight excluding hydrogens is 271 g/mol. The van der Waals surface area contributed by atoms with E-state index in [1.54, 1.807) is 13.8 Å². The van der Waals surface area contributed by atoms with E-state index >= 15 is 0 Å². The van der Waals surface area contributed by atoms with Gasteiger partial charge in [-0.15, -0.1) is 0 Å². The molecule has 1 heterocycles. The molecule has 0 radical (unpaired) electrons. The van der Waals surface area contributed by atoms with Crippen LogP contribution in [0.4, 0.5) is 0 Å². The number of aliphatic hydroxyl groups is 1. The third-order valence-corrected chi connectivity index (χ3v) is 3.33. The van der Waals surface area contributed by atoms with Gasteiger partial charge in [0.25, 0.3) is 5.91 Å². The van der Waals surface area contributed by atoms with Crippen molar-refractivity contribution >= 4 is 17.8 Å². The Bertz CT molecular complexity index is 360. The van der Waals surface area contributed by atoms with E-state index in [4.69, 9.17) is 5.11 Å². The summed E-state index contributed by atoms with van der Waals surface area (Å²) in [5.74, 6) is -1.20. The molecule has 0 aromatic rings. The minimum absolute atomic E-state index is 0. The Morgan fingerprint density at radius 2 is 1.85 bits per heavy atom. The van der Waals surface area contributed by atoms with Crippen molar-refractivity contribution in [1.82, 2.24) is 5.32 Å². The third-order valence-electron chi connectivity index (χ3n) is 3.33. The van der Waals surface area contributed by atoms with E-state index in [1.807, 2.05) is 13.8 Å². The third kappa shape index (κ3) is 4.84. The quantitative estimate of drug-likeness (QED) is 0.432. The van der Waals surface area contributed by atoms with Crippen molar-refractivity contribution in [3.8, 4) is 0 Å². The monoisotopic (exact) mass is 294 g/mol. The van der Waals surface area contributed by atoms with E-state index in [0.717, 1.165) is 12.8 Å². The Hall–Kier alpha value is -0.430. The van der Waals surface area contributed by atoms with E-state index in [0.29, 0.717) is 6.42 Å². The first-order valence-corrected chi connectivity index (χ1v) is 6.62. The van der Waals surface area contributed by atoms with Gasteiger partial charge in [-0.25, -0.2) is 4.99 Å². The van der Waals surface area contributed by atoms with Crippen molar-refractivity contribution in [2.75, 3.05) is 6.61 Å². The van der Waals surface area contributed by atoms with Gasteiger partial charge in [-0.2, -0.15) is 0 Å². The van der Waals surface area contributed by atoms with Crippen molar-refractivity contribution in [3.05, 3.63) is 0 Å². The maximum absolute atomic E-state index is 11.9. The van der Waals surface area contributed by atoms with Crippen molar-refractivity contribution in [2.45, 2.75) is 47.0 Å². The molecular formula is C13H23N2NaO4. The molecule has 7 heteroatoms. The van der Waals surface area contributed by atoms with Crippen molar-refractivity contribution < 1.29 is 49.4 Å². The molecule has 0 saturated carbocycles. The average Bonchev–Trinajstić information content (AvgIpc) is 2.30. The number of amides is 2. The molecule has 0 fully saturated rings. The zero-order valence-corrected chi connectivity index (χ0v) is 15.0. The predicted molar refractivity (Wildman–Crippen MR) is 70.1 cm³/mol. The molecule has 0 bridgehead atoms. The van der Waals surface area contributed by atoms with Crippen LogP contribution in [0.1, 0.15) is 47.0 Å². The van der Waals surface area contributed by atoms with Crippen molar-refractivity contribution in [3.63, 3.8) is 0 Å². The van der Waals surface area contributed by atoms with Crippen LogP contribution in [0.2, 0.25) is 0 Å². The van der Waals surface area contributed by atoms with Crippen LogP contribution in [0.25, 0.3) is 0 Å². The zero-order valence-electron chi connectivity index (χ0n) is 13.0. The molecule has 1 aliphatic heterocycles. The zero-order chi connectivity index (χ0) is 15.1. The fourth-order valence-corrected chi connectivity index (χ4v) is 2.30. The van der Waals surface area contributed by atoms with Gasteiger partial charge in [0.2, 0.25) is 5.91 Å². The Morgan fingerprint density at radius 1 is 1.35 bits per heavy atom. The molecule has 0 spiro atoms. The minimum atomic E-state index is -1.15. The fraction of sp³-hybridized carbons (Fsp3) is 0.769. The molecule has 0 aromatic heterocycles. The van der Waals surface area contributed by atoms with Crippen LogP contribution in [0, 0.1) is 11.3 Å². The van der Waals surface area contributed by atoms with Crippen molar-refractivity contribution in [1.29, 1.82) is 0 Å². The summed E-state index contributed by atoms with van der Waals surface area (Å²) in [5.41, 5.74) is -1.15. The summed E-state index contributed by atoms with van der Waals surface area (Å²) in [6.07, 6.45) is 2.02. The Morgan fingerprint density at radius 3 is 2.20 bits per heavy atom. The first-order chi connectivity index (χ1) is 8.90. The van der Waals surface area contributed by atoms with Gasteiger partial charge < -0.3 is 15.5 Å². The summed E-state index contributed by atoms with van der Waals surface area (Å²) in [6, 6.07) is -0.845. The summed E-state index contributed by atoms with van der Waals surface area (Å²) in [4.78, 5) is 27.1. The second-order valence-electron chi connectivity index (χ2n) is 4.51. The normalized spacial score (nSPS) is 22.8. The molecule has 6 nitrogen and oxygen atoms in total. The smallest absolute Gasteiger partial charge is 0.846 e. The number of aliphatic hydroxyl groups excluding tert-OH is 1. The molecule has 0 aliphatic carbocycles. The maximum atomic E-state index is 11.9. The molecule has 2 N–H and O–H groups in total. The summed E-state index contributed by atoms with van der Waals surface area (Å²) in [7, 11) is 0. The number of amidine groups is 1. The predicted octanol–water partition coefficient (Wildman–Crippen LogP) is -2.81. The summed E-state index contributed by atoms with van der Waals surface area (Å²) in [5, 5.41) is 20.6. The molecule has 0 saturated heterocycles. The molecule has 1 aliphatic rings. The number of hydrogen-bond acceptors (Lipinski definition) is 4. The molecule has 2 amide bonds. The van der Waals surface area contributed by atoms with E-state index in [9.17, 15) is 14.7 Å². The summed E-state index contributed by atoms with van der Waals surface area (Å²) in [6.45, 7) is 7.55. The maximum Gasteiger partial charge on any atom is 1.00 e. The van der Waals surface area contributed by atoms with Gasteiger partial charge in [-0.3, -0.25) is 9.59 Å². The number of carbonyl (C=O) groups excluding carboxylic acids is 2. The van der Waals surface area contributed by atoms with E-state index in [2.05, 4.69) is 10.3 Å². The van der Waals surface area contributed by atoms with Crippen LogP contribution in [-0.4, -0.2) is 29.5 Å². The van der Waals surface area contributed by atoms with Gasteiger partial charge in [-0.1, -0.05) is 27.2 Å². The number of nitrogens with one attached hydrogen (secondary N) is 1. The van der Waals surface area contributed by atoms with E-state index < -0.39 is 23.3 Å². The van der Waals surface area contributed by atoms with Crippen LogP contribution in [0.3, 0.4) is 0 Å². The number of carbonyl (C=O) groups is 2. The van der Waals surface area contributed by atoms with Crippen molar-refractivity contribution in [2.24, 2.45) is 16.3 Å². The summed E-state index contributed by atoms with van der Waals surface area (Å²) >= 11 is 0. The minimum Gasteiger partial charge on any atom is -0.846 e. The Balaban J connectivity index is 0. The van der Waals surface area contributed by atoms with Gasteiger partial charge in [0.1, 0.15) is 5.41 Å². The Kier molecular flexibility index (Phi) is 11.3. The van der Waals surface area contributed by atoms with Gasteiger partial charge in [0.05, 0.1) is 6.02 Å². The molecule has 0 aromatic carbocycles. The second-order valence-corrected chi connectivity index (χ2v) is 4.51. The number of hydrogen-bond donors (Lipinski definition) is 2. The van der Waals surface area contributed by atoms with Crippen LogP contribution < -0.4 is 40.0 Å². The van der Waals surface area contributed by atoms with Crippen LogP contribution in [-0.2, 0) is 9.59 Å². The number of nitrogens with zero attached hydrogens (tertiary/aromatic N) is 1. The average molecular weight is 294 g/mol. The SMILES string of the molecule is CCCC(C)C1(CC)C(=O)N=C([O-])NC1=O.CCO.[Na+]. The van der Waals surface area contributed by atoms with Gasteiger partial charge in [-0.05, 0) is 25.7 Å². The molecule has 20 heavy (non-hydrogen) atoms. The second kappa shape index (κ2) is 10.3. The van der Waals surface area contributed by atoms with Crippen LogP contribution >= 0.6 is 0 Å². The first kappa shape index (κ1) is 21.9. The summed E-state index contributed by atoms with van der Waals surface area (Å²) < 4.78 is 0. The standard InChI is InChI=1S/C11H18N2O3.C2H6O.Na/c1-4-6-7(3)11(5-2)8(14)12-10(16)13-9(11)15;1-2-3;/h7H,4-6H2,1-3H3,(H2,12,13,14,15,16);3H,2H2,1H3;/q;;+1/p-1. The fourth-order valence-electron chi connectivity index (χ4n) is 2.30. The van der Waals surface area contributed by atoms with Crippen LogP contribution in [0.15, 0.2) is 4.99 Å².